The van der Waals surface area contributed by atoms with Gasteiger partial charge in [-0.15, -0.1) is 0 Å². The number of rotatable bonds is 4. The van der Waals surface area contributed by atoms with E-state index in [1.165, 1.54) is 25.2 Å². The lowest BCUT2D eigenvalue weighted by Crippen LogP contribution is -2.41. The molecule has 0 atom stereocenters. The molecule has 0 saturated heterocycles. The summed E-state index contributed by atoms with van der Waals surface area (Å²) in [6.45, 7) is 5.03. The highest BCUT2D eigenvalue weighted by atomic mass is 35.5. The predicted molar refractivity (Wildman–Crippen MR) is 75.2 cm³/mol. The van der Waals surface area contributed by atoms with E-state index in [1.807, 2.05) is 4.90 Å². The highest BCUT2D eigenvalue weighted by molar-refractivity contribution is 6.29. The van der Waals surface area contributed by atoms with E-state index in [0.717, 1.165) is 19.4 Å². The monoisotopic (exact) mass is 281 g/mol. The zero-order chi connectivity index (χ0) is 13.8. The molecule has 1 aliphatic rings. The number of hydrogen-bond acceptors (Lipinski definition) is 3. The summed E-state index contributed by atoms with van der Waals surface area (Å²) in [7, 11) is 0. The fraction of sp³-hybridized carbons (Fsp3) is 0.643. The lowest BCUT2D eigenvalue weighted by atomic mass is 10.1. The molecule has 0 aliphatic heterocycles. The van der Waals surface area contributed by atoms with E-state index in [1.54, 1.807) is 0 Å². The van der Waals surface area contributed by atoms with Crippen molar-refractivity contribution < 1.29 is 4.79 Å². The zero-order valence-electron chi connectivity index (χ0n) is 11.5. The second-order valence-electron chi connectivity index (χ2n) is 5.51. The largest absolute Gasteiger partial charge is 0.334 e. The van der Waals surface area contributed by atoms with Crippen molar-refractivity contribution in [3.05, 3.63) is 23.2 Å². The Balaban J connectivity index is 2.16. The number of carbonyl (C=O) groups is 1. The fourth-order valence-corrected chi connectivity index (χ4v) is 2.67. The standard InChI is InChI=1S/C14H20ClN3O/c1-10(2)9-18(11-5-3-4-6-11)14(19)12-7-17-13(15)8-16-12/h7-8,10-11H,3-6,9H2,1-2H3. The topological polar surface area (TPSA) is 46.1 Å². The van der Waals surface area contributed by atoms with E-state index >= 15 is 0 Å². The second kappa shape index (κ2) is 6.33. The first-order chi connectivity index (χ1) is 9.08. The first kappa shape index (κ1) is 14.3. The molecule has 1 saturated carbocycles. The van der Waals surface area contributed by atoms with Crippen molar-refractivity contribution in [2.75, 3.05) is 6.54 Å². The predicted octanol–water partition coefficient (Wildman–Crippen LogP) is 3.17. The minimum atomic E-state index is -0.0234. The lowest BCUT2D eigenvalue weighted by Gasteiger charge is -2.30. The van der Waals surface area contributed by atoms with Crippen LogP contribution in [-0.2, 0) is 0 Å². The van der Waals surface area contributed by atoms with Crippen molar-refractivity contribution in [2.24, 2.45) is 5.92 Å². The van der Waals surface area contributed by atoms with Crippen molar-refractivity contribution in [1.29, 1.82) is 0 Å². The van der Waals surface area contributed by atoms with Gasteiger partial charge >= 0.3 is 0 Å². The molecular weight excluding hydrogens is 262 g/mol. The molecule has 1 aromatic rings. The van der Waals surface area contributed by atoms with E-state index in [0.29, 0.717) is 22.8 Å². The Morgan fingerprint density at radius 1 is 1.37 bits per heavy atom. The minimum Gasteiger partial charge on any atom is -0.334 e. The minimum absolute atomic E-state index is 0.0234. The highest BCUT2D eigenvalue weighted by Crippen LogP contribution is 2.25. The van der Waals surface area contributed by atoms with E-state index in [9.17, 15) is 4.79 Å². The zero-order valence-corrected chi connectivity index (χ0v) is 12.2. The molecule has 1 heterocycles. The summed E-state index contributed by atoms with van der Waals surface area (Å²) >= 11 is 5.71. The van der Waals surface area contributed by atoms with Crippen LogP contribution in [0.5, 0.6) is 0 Å². The highest BCUT2D eigenvalue weighted by Gasteiger charge is 2.28. The molecule has 2 rings (SSSR count). The van der Waals surface area contributed by atoms with Gasteiger partial charge in [-0.05, 0) is 18.8 Å². The van der Waals surface area contributed by atoms with Crippen LogP contribution in [0, 0.1) is 5.92 Å². The maximum atomic E-state index is 12.6. The maximum absolute atomic E-state index is 12.6. The molecule has 1 aliphatic carbocycles. The van der Waals surface area contributed by atoms with Crippen LogP contribution in [0.4, 0.5) is 0 Å². The summed E-state index contributed by atoms with van der Waals surface area (Å²) in [5.74, 6) is 0.426. The summed E-state index contributed by atoms with van der Waals surface area (Å²) < 4.78 is 0. The van der Waals surface area contributed by atoms with Crippen LogP contribution >= 0.6 is 11.6 Å². The summed E-state index contributed by atoms with van der Waals surface area (Å²) in [5.41, 5.74) is 0.386. The van der Waals surface area contributed by atoms with E-state index in [2.05, 4.69) is 23.8 Å². The molecular formula is C14H20ClN3O. The molecule has 0 spiro atoms. The van der Waals surface area contributed by atoms with Crippen molar-refractivity contribution in [1.82, 2.24) is 14.9 Å². The van der Waals surface area contributed by atoms with Gasteiger partial charge < -0.3 is 4.90 Å². The van der Waals surface area contributed by atoms with Gasteiger partial charge in [0.1, 0.15) is 10.8 Å². The van der Waals surface area contributed by atoms with Gasteiger partial charge in [-0.25, -0.2) is 9.97 Å². The van der Waals surface area contributed by atoms with Gasteiger partial charge in [-0.1, -0.05) is 38.3 Å². The third kappa shape index (κ3) is 3.66. The van der Waals surface area contributed by atoms with Gasteiger partial charge in [0.15, 0.2) is 0 Å². The molecule has 0 unspecified atom stereocenters. The lowest BCUT2D eigenvalue weighted by molar-refractivity contribution is 0.0649. The van der Waals surface area contributed by atoms with Gasteiger partial charge in [-0.2, -0.15) is 0 Å². The van der Waals surface area contributed by atoms with Gasteiger partial charge in [0.25, 0.3) is 5.91 Å². The van der Waals surface area contributed by atoms with Crippen molar-refractivity contribution in [2.45, 2.75) is 45.6 Å². The molecule has 1 amide bonds. The molecule has 0 aromatic carbocycles. The molecule has 104 valence electrons. The average molecular weight is 282 g/mol. The molecule has 0 N–H and O–H groups in total. The first-order valence-corrected chi connectivity index (χ1v) is 7.24. The summed E-state index contributed by atoms with van der Waals surface area (Å²) in [6, 6.07) is 0.354. The molecule has 1 aromatic heterocycles. The quantitative estimate of drug-likeness (QED) is 0.851. The SMILES string of the molecule is CC(C)CN(C(=O)c1cnc(Cl)cn1)C1CCCC1. The molecule has 4 nitrogen and oxygen atoms in total. The third-order valence-electron chi connectivity index (χ3n) is 3.43. The van der Waals surface area contributed by atoms with Crippen LogP contribution in [0.3, 0.4) is 0 Å². The van der Waals surface area contributed by atoms with Crippen molar-refractivity contribution in [3.8, 4) is 0 Å². The Kier molecular flexibility index (Phi) is 4.75. The maximum Gasteiger partial charge on any atom is 0.274 e. The summed E-state index contributed by atoms with van der Waals surface area (Å²) in [4.78, 5) is 22.6. The fourth-order valence-electron chi connectivity index (χ4n) is 2.58. The van der Waals surface area contributed by atoms with Crippen LogP contribution in [-0.4, -0.2) is 33.4 Å². The normalized spacial score (nSPS) is 16.0. The van der Waals surface area contributed by atoms with Gasteiger partial charge in [-0.3, -0.25) is 4.79 Å². The Morgan fingerprint density at radius 3 is 2.58 bits per heavy atom. The van der Waals surface area contributed by atoms with Crippen LogP contribution < -0.4 is 0 Å². The number of hydrogen-bond donors (Lipinski definition) is 0. The number of amides is 1. The van der Waals surface area contributed by atoms with Crippen LogP contribution in [0.1, 0.15) is 50.0 Å². The Labute approximate surface area is 119 Å². The van der Waals surface area contributed by atoms with Gasteiger partial charge in [0.05, 0.1) is 12.4 Å². The smallest absolute Gasteiger partial charge is 0.274 e. The first-order valence-electron chi connectivity index (χ1n) is 6.86. The van der Waals surface area contributed by atoms with Crippen LogP contribution in [0.25, 0.3) is 0 Å². The second-order valence-corrected chi connectivity index (χ2v) is 5.90. The number of aromatic nitrogens is 2. The molecule has 1 fully saturated rings. The molecule has 19 heavy (non-hydrogen) atoms. The van der Waals surface area contributed by atoms with E-state index in [-0.39, 0.29) is 5.91 Å². The van der Waals surface area contributed by atoms with Crippen molar-refractivity contribution >= 4 is 17.5 Å². The number of nitrogens with zero attached hydrogens (tertiary/aromatic N) is 3. The molecule has 5 heteroatoms. The average Bonchev–Trinajstić information content (AvgIpc) is 2.89. The van der Waals surface area contributed by atoms with Gasteiger partial charge in [0.2, 0.25) is 0 Å². The molecule has 0 radical (unpaired) electrons. The number of carbonyl (C=O) groups excluding carboxylic acids is 1. The summed E-state index contributed by atoms with van der Waals surface area (Å²) in [6.07, 6.45) is 7.50. The van der Waals surface area contributed by atoms with Crippen LogP contribution in [0.15, 0.2) is 12.4 Å². The Hall–Kier alpha value is -1.16. The van der Waals surface area contributed by atoms with E-state index in [4.69, 9.17) is 11.6 Å². The van der Waals surface area contributed by atoms with Gasteiger partial charge in [0, 0.05) is 12.6 Å². The van der Waals surface area contributed by atoms with E-state index < -0.39 is 0 Å². The Bertz CT molecular complexity index is 427. The van der Waals surface area contributed by atoms with Crippen molar-refractivity contribution in [3.63, 3.8) is 0 Å². The van der Waals surface area contributed by atoms with Crippen LogP contribution in [0.2, 0.25) is 5.15 Å². The Morgan fingerprint density at radius 2 is 2.05 bits per heavy atom. The third-order valence-corrected chi connectivity index (χ3v) is 3.62. The number of halogens is 1. The summed E-state index contributed by atoms with van der Waals surface area (Å²) in [5, 5.41) is 0.313. The molecule has 0 bridgehead atoms.